The molecule has 1 N–H and O–H groups in total. The fraction of sp³-hybridized carbons (Fsp3) is 0.673. The van der Waals surface area contributed by atoms with Gasteiger partial charge >= 0.3 is 19.8 Å². The van der Waals surface area contributed by atoms with Crippen LogP contribution in [0.5, 0.6) is 0 Å². The van der Waals surface area contributed by atoms with Gasteiger partial charge in [-0.2, -0.15) is 0 Å². The molecule has 0 aliphatic heterocycles. The normalized spacial score (nSPS) is 14.2. The molecule has 0 bridgehead atoms. The fourth-order valence-electron chi connectivity index (χ4n) is 6.40. The summed E-state index contributed by atoms with van der Waals surface area (Å²) in [6.07, 6.45) is 61.7. The van der Waals surface area contributed by atoms with Crippen LogP contribution < -0.4 is 0 Å². The number of carbonyl (C=O) groups is 2. The molecule has 0 aliphatic carbocycles. The van der Waals surface area contributed by atoms with Crippen molar-refractivity contribution < 1.29 is 42.1 Å². The highest BCUT2D eigenvalue weighted by atomic mass is 31.2. The van der Waals surface area contributed by atoms with E-state index in [1.165, 1.54) is 51.4 Å². The van der Waals surface area contributed by atoms with Gasteiger partial charge in [0.15, 0.2) is 6.10 Å². The fourth-order valence-corrected chi connectivity index (χ4v) is 7.14. The summed E-state index contributed by atoms with van der Waals surface area (Å²) in [5, 5.41) is 0. The molecule has 0 rings (SSSR count). The zero-order valence-corrected chi connectivity index (χ0v) is 42.8. The minimum atomic E-state index is -4.40. The SMILES string of the molecule is CC/C=C\C/C=C\C/C=C\C/C=C\C/C=C\C/C=C\C/C=C\CCCCCC(=O)OC(COC(=O)CCCCCCC/C=C\CCCCCCCCC)COP(=O)(O)OCC[N+](C)(C)C. The van der Waals surface area contributed by atoms with Crippen molar-refractivity contribution in [3.63, 3.8) is 0 Å². The van der Waals surface area contributed by atoms with E-state index in [0.717, 1.165) is 103 Å². The van der Waals surface area contributed by atoms with E-state index in [2.05, 4.69) is 111 Å². The maximum Gasteiger partial charge on any atom is 0.472 e. The molecule has 0 saturated carbocycles. The first-order valence-electron chi connectivity index (χ1n) is 25.5. The molecule has 9 nitrogen and oxygen atoms in total. The molecule has 372 valence electrons. The monoisotopic (exact) mass is 929 g/mol. The van der Waals surface area contributed by atoms with Gasteiger partial charge in [-0.05, 0) is 96.3 Å². The van der Waals surface area contributed by atoms with E-state index in [4.69, 9.17) is 18.5 Å². The number of phosphoric ester groups is 1. The number of likely N-dealkylation sites (N-methyl/N-ethyl adjacent to an activating group) is 1. The minimum absolute atomic E-state index is 0.0183. The predicted molar refractivity (Wildman–Crippen MR) is 275 cm³/mol. The Morgan fingerprint density at radius 3 is 1.34 bits per heavy atom. The third-order valence-electron chi connectivity index (χ3n) is 10.3. The second kappa shape index (κ2) is 46.1. The Labute approximate surface area is 398 Å². The number of rotatable bonds is 45. The van der Waals surface area contributed by atoms with Gasteiger partial charge in [-0.1, -0.05) is 175 Å². The van der Waals surface area contributed by atoms with Crippen LogP contribution in [0.1, 0.15) is 187 Å². The van der Waals surface area contributed by atoms with Crippen LogP contribution in [0.2, 0.25) is 0 Å². The van der Waals surface area contributed by atoms with E-state index >= 15 is 0 Å². The lowest BCUT2D eigenvalue weighted by Crippen LogP contribution is -2.37. The second-order valence-corrected chi connectivity index (χ2v) is 19.3. The molecule has 0 heterocycles. The number of quaternary nitrogens is 1. The minimum Gasteiger partial charge on any atom is -0.462 e. The highest BCUT2D eigenvalue weighted by molar-refractivity contribution is 7.47. The molecule has 0 spiro atoms. The third kappa shape index (κ3) is 50.2. The first kappa shape index (κ1) is 61.9. The van der Waals surface area contributed by atoms with E-state index in [1.54, 1.807) is 0 Å². The molecule has 0 amide bonds. The largest absolute Gasteiger partial charge is 0.472 e. The van der Waals surface area contributed by atoms with Crippen LogP contribution in [0, 0.1) is 0 Å². The summed E-state index contributed by atoms with van der Waals surface area (Å²) in [6.45, 7) is 4.25. The number of carbonyl (C=O) groups excluding carboxylic acids is 2. The summed E-state index contributed by atoms with van der Waals surface area (Å²) >= 11 is 0. The standard InChI is InChI=1S/C55H94NO8P/c1-6-8-10-12-14-16-18-20-22-24-25-26-27-28-29-30-31-32-34-36-38-40-42-44-46-48-55(58)64-53(52-63-65(59,60)62-50-49-56(3,4)5)51-61-54(57)47-45-43-41-39-37-35-33-23-21-19-17-15-13-11-9-7-2/h8,10,14,16,20,22-23,25-26,28-29,31-33,36,38,53H,6-7,9,11-13,15,17-19,21,24,27,30,34-35,37,39-52H2,1-5H3/p+1/b10-8-,16-14-,22-20-,26-25-,29-28-,32-31-,33-23-,38-36-. The van der Waals surface area contributed by atoms with Crippen LogP contribution in [0.25, 0.3) is 0 Å². The number of hydrogen-bond acceptors (Lipinski definition) is 7. The lowest BCUT2D eigenvalue weighted by molar-refractivity contribution is -0.870. The maximum atomic E-state index is 12.8. The smallest absolute Gasteiger partial charge is 0.462 e. The van der Waals surface area contributed by atoms with Crippen molar-refractivity contribution in [1.29, 1.82) is 0 Å². The molecular formula is C55H95NO8P+. The summed E-state index contributed by atoms with van der Waals surface area (Å²) in [5.41, 5.74) is 0. The van der Waals surface area contributed by atoms with Crippen molar-refractivity contribution in [2.45, 2.75) is 193 Å². The number of nitrogens with zero attached hydrogens (tertiary/aromatic N) is 1. The van der Waals surface area contributed by atoms with Crippen LogP contribution >= 0.6 is 7.82 Å². The molecule has 2 atom stereocenters. The Bertz CT molecular complexity index is 1420. The zero-order chi connectivity index (χ0) is 47.8. The van der Waals surface area contributed by atoms with E-state index in [-0.39, 0.29) is 32.0 Å². The van der Waals surface area contributed by atoms with Gasteiger partial charge in [0, 0.05) is 12.8 Å². The second-order valence-electron chi connectivity index (χ2n) is 17.8. The van der Waals surface area contributed by atoms with Gasteiger partial charge in [-0.3, -0.25) is 18.6 Å². The van der Waals surface area contributed by atoms with Gasteiger partial charge < -0.3 is 18.9 Å². The summed E-state index contributed by atoms with van der Waals surface area (Å²) in [5.74, 6) is -0.853. The van der Waals surface area contributed by atoms with Crippen molar-refractivity contribution in [2.24, 2.45) is 0 Å². The van der Waals surface area contributed by atoms with Crippen molar-refractivity contribution >= 4 is 19.8 Å². The maximum absolute atomic E-state index is 12.8. The van der Waals surface area contributed by atoms with Crippen molar-refractivity contribution in [3.8, 4) is 0 Å². The van der Waals surface area contributed by atoms with Gasteiger partial charge in [-0.25, -0.2) is 4.57 Å². The zero-order valence-electron chi connectivity index (χ0n) is 41.9. The quantitative estimate of drug-likeness (QED) is 0.0211. The molecule has 0 aromatic heterocycles. The average molecular weight is 929 g/mol. The summed E-state index contributed by atoms with van der Waals surface area (Å²) in [4.78, 5) is 35.5. The highest BCUT2D eigenvalue weighted by Crippen LogP contribution is 2.43. The van der Waals surface area contributed by atoms with E-state index in [0.29, 0.717) is 17.4 Å². The molecule has 10 heteroatoms. The Balaban J connectivity index is 4.38. The molecule has 0 saturated heterocycles. The van der Waals surface area contributed by atoms with E-state index in [9.17, 15) is 19.0 Å². The van der Waals surface area contributed by atoms with Crippen LogP contribution in [0.4, 0.5) is 0 Å². The van der Waals surface area contributed by atoms with Gasteiger partial charge in [0.1, 0.15) is 19.8 Å². The van der Waals surface area contributed by atoms with Crippen molar-refractivity contribution in [1.82, 2.24) is 0 Å². The van der Waals surface area contributed by atoms with E-state index < -0.39 is 26.5 Å². The van der Waals surface area contributed by atoms with Crippen LogP contribution in [0.3, 0.4) is 0 Å². The van der Waals surface area contributed by atoms with Crippen LogP contribution in [-0.4, -0.2) is 74.9 Å². The van der Waals surface area contributed by atoms with Gasteiger partial charge in [0.25, 0.3) is 0 Å². The molecule has 0 aromatic carbocycles. The number of esters is 2. The topological polar surface area (TPSA) is 108 Å². The number of phosphoric acid groups is 1. The predicted octanol–water partition coefficient (Wildman–Crippen LogP) is 15.3. The third-order valence-corrected chi connectivity index (χ3v) is 11.3. The molecule has 65 heavy (non-hydrogen) atoms. The van der Waals surface area contributed by atoms with E-state index in [1.807, 2.05) is 21.1 Å². The summed E-state index contributed by atoms with van der Waals surface area (Å²) < 4.78 is 34.4. The average Bonchev–Trinajstić information content (AvgIpc) is 3.26. The summed E-state index contributed by atoms with van der Waals surface area (Å²) in [7, 11) is 1.43. The highest BCUT2D eigenvalue weighted by Gasteiger charge is 2.27. The van der Waals surface area contributed by atoms with Crippen LogP contribution in [-0.2, 0) is 32.7 Å². The van der Waals surface area contributed by atoms with Gasteiger partial charge in [0.2, 0.25) is 0 Å². The first-order valence-corrected chi connectivity index (χ1v) is 27.0. The number of hydrogen-bond donors (Lipinski definition) is 1. The van der Waals surface area contributed by atoms with Crippen molar-refractivity contribution in [3.05, 3.63) is 97.2 Å². The Kier molecular flexibility index (Phi) is 43.9. The van der Waals surface area contributed by atoms with Crippen molar-refractivity contribution in [2.75, 3.05) is 47.5 Å². The van der Waals surface area contributed by atoms with Gasteiger partial charge in [0.05, 0.1) is 27.7 Å². The lowest BCUT2D eigenvalue weighted by atomic mass is 10.1. The Morgan fingerprint density at radius 1 is 0.492 bits per heavy atom. The molecule has 0 fully saturated rings. The summed E-state index contributed by atoms with van der Waals surface area (Å²) in [6, 6.07) is 0. The number of unbranched alkanes of at least 4 members (excludes halogenated alkanes) is 15. The molecule has 2 unspecified atom stereocenters. The lowest BCUT2D eigenvalue weighted by Gasteiger charge is -2.24. The molecular weight excluding hydrogens is 834 g/mol. The first-order chi connectivity index (χ1) is 31.5. The van der Waals surface area contributed by atoms with Crippen LogP contribution in [0.15, 0.2) is 97.2 Å². The number of ether oxygens (including phenoxy) is 2. The number of allylic oxidation sites excluding steroid dienone is 16. The molecule has 0 aromatic rings. The molecule has 0 aliphatic rings. The van der Waals surface area contributed by atoms with Gasteiger partial charge in [-0.15, -0.1) is 0 Å². The Morgan fingerprint density at radius 2 is 0.877 bits per heavy atom. The Hall–Kier alpha value is -3.07. The molecule has 0 radical (unpaired) electrons.